The molecule has 0 N–H and O–H groups in total. The third kappa shape index (κ3) is 5.61. The fourth-order valence-corrected chi connectivity index (χ4v) is 4.53. The van der Waals surface area contributed by atoms with E-state index in [0.717, 1.165) is 30.6 Å². The number of rotatable bonds is 8. The van der Waals surface area contributed by atoms with Gasteiger partial charge in [0.05, 0.1) is 18.4 Å². The summed E-state index contributed by atoms with van der Waals surface area (Å²) in [5.41, 5.74) is 3.22. The van der Waals surface area contributed by atoms with Crippen molar-refractivity contribution in [2.45, 2.75) is 58.9 Å². The van der Waals surface area contributed by atoms with Crippen molar-refractivity contribution in [1.29, 1.82) is 0 Å². The van der Waals surface area contributed by atoms with E-state index in [1.54, 1.807) is 21.5 Å². The molecule has 36 heavy (non-hydrogen) atoms. The number of imidazole rings is 1. The minimum absolute atomic E-state index is 0.0552. The molecule has 0 bridgehead atoms. The number of hydrogen-bond acceptors (Lipinski definition) is 5. The van der Waals surface area contributed by atoms with Crippen molar-refractivity contribution in [2.24, 2.45) is 0 Å². The predicted molar refractivity (Wildman–Crippen MR) is 130 cm³/mol. The molecule has 1 aliphatic rings. The van der Waals surface area contributed by atoms with Gasteiger partial charge in [-0.25, -0.2) is 4.79 Å². The van der Waals surface area contributed by atoms with Gasteiger partial charge in [0.15, 0.2) is 6.61 Å². The SMILES string of the molecule is CCn1cc(Cn2c(C)c(C)n(-c3cc(OCC(F)(F)F)cc(N(C)C4CCOCC4)c3)c2=O)cn1. The van der Waals surface area contributed by atoms with Crippen LogP contribution in [-0.4, -0.2) is 58.0 Å². The van der Waals surface area contributed by atoms with Crippen LogP contribution in [0.2, 0.25) is 0 Å². The van der Waals surface area contributed by atoms with Crippen LogP contribution in [0, 0.1) is 13.8 Å². The lowest BCUT2D eigenvalue weighted by molar-refractivity contribution is -0.153. The number of halogens is 3. The largest absolute Gasteiger partial charge is 0.484 e. The summed E-state index contributed by atoms with van der Waals surface area (Å²) in [5.74, 6) is 0.0552. The molecule has 0 spiro atoms. The van der Waals surface area contributed by atoms with Gasteiger partial charge in [-0.15, -0.1) is 0 Å². The number of ether oxygens (including phenoxy) is 2. The van der Waals surface area contributed by atoms with Crippen LogP contribution in [0.5, 0.6) is 5.75 Å². The fraction of sp³-hybridized carbons (Fsp3) is 0.520. The molecule has 2 aromatic heterocycles. The van der Waals surface area contributed by atoms with Crippen molar-refractivity contribution in [3.63, 3.8) is 0 Å². The van der Waals surface area contributed by atoms with Gasteiger partial charge in [-0.2, -0.15) is 18.3 Å². The van der Waals surface area contributed by atoms with Crippen LogP contribution in [0.1, 0.15) is 36.7 Å². The van der Waals surface area contributed by atoms with E-state index < -0.39 is 12.8 Å². The summed E-state index contributed by atoms with van der Waals surface area (Å²) in [6.45, 7) is 6.58. The zero-order chi connectivity index (χ0) is 26.0. The molecule has 0 aliphatic carbocycles. The summed E-state index contributed by atoms with van der Waals surface area (Å²) in [5, 5.41) is 4.28. The highest BCUT2D eigenvalue weighted by molar-refractivity contribution is 5.59. The van der Waals surface area contributed by atoms with E-state index in [1.165, 1.54) is 10.6 Å². The monoisotopic (exact) mass is 507 g/mol. The lowest BCUT2D eigenvalue weighted by Crippen LogP contribution is -2.36. The molecule has 0 unspecified atom stereocenters. The lowest BCUT2D eigenvalue weighted by atomic mass is 10.1. The Morgan fingerprint density at radius 1 is 1.17 bits per heavy atom. The number of nitrogens with zero attached hydrogens (tertiary/aromatic N) is 5. The first-order valence-electron chi connectivity index (χ1n) is 12.0. The highest BCUT2D eigenvalue weighted by Gasteiger charge is 2.29. The minimum Gasteiger partial charge on any atom is -0.484 e. The Morgan fingerprint density at radius 2 is 1.89 bits per heavy atom. The molecule has 3 aromatic rings. The van der Waals surface area contributed by atoms with Gasteiger partial charge in [-0.1, -0.05) is 0 Å². The molecule has 196 valence electrons. The quantitative estimate of drug-likeness (QED) is 0.460. The van der Waals surface area contributed by atoms with Crippen molar-refractivity contribution >= 4 is 5.69 Å². The topological polar surface area (TPSA) is 66.4 Å². The van der Waals surface area contributed by atoms with E-state index >= 15 is 0 Å². The lowest BCUT2D eigenvalue weighted by Gasteiger charge is -2.33. The summed E-state index contributed by atoms with van der Waals surface area (Å²) >= 11 is 0. The minimum atomic E-state index is -4.47. The molecule has 1 aliphatic heterocycles. The van der Waals surface area contributed by atoms with E-state index in [-0.39, 0.29) is 17.5 Å². The molecular formula is C25H32F3N5O3. The van der Waals surface area contributed by atoms with Gasteiger partial charge in [0, 0.05) is 73.8 Å². The van der Waals surface area contributed by atoms with Gasteiger partial charge < -0.3 is 14.4 Å². The van der Waals surface area contributed by atoms with Crippen LogP contribution in [-0.2, 0) is 17.8 Å². The first kappa shape index (κ1) is 25.9. The van der Waals surface area contributed by atoms with Crippen LogP contribution in [0.25, 0.3) is 5.69 Å². The molecule has 0 radical (unpaired) electrons. The molecule has 1 fully saturated rings. The summed E-state index contributed by atoms with van der Waals surface area (Å²) in [7, 11) is 1.90. The van der Waals surface area contributed by atoms with Crippen LogP contribution >= 0.6 is 0 Å². The van der Waals surface area contributed by atoms with Gasteiger partial charge in [-0.05, 0) is 39.7 Å². The molecule has 3 heterocycles. The van der Waals surface area contributed by atoms with E-state index in [9.17, 15) is 18.0 Å². The zero-order valence-corrected chi connectivity index (χ0v) is 21.0. The Kier molecular flexibility index (Phi) is 7.49. The number of benzene rings is 1. The van der Waals surface area contributed by atoms with Gasteiger partial charge in [0.25, 0.3) is 0 Å². The molecule has 0 saturated carbocycles. The second-order valence-electron chi connectivity index (χ2n) is 9.12. The van der Waals surface area contributed by atoms with Crippen molar-refractivity contribution in [3.8, 4) is 11.4 Å². The number of aryl methyl sites for hydroxylation is 1. The smallest absolute Gasteiger partial charge is 0.422 e. The fourth-order valence-electron chi connectivity index (χ4n) is 4.53. The normalized spacial score (nSPS) is 14.9. The van der Waals surface area contributed by atoms with Gasteiger partial charge >= 0.3 is 11.9 Å². The van der Waals surface area contributed by atoms with Crippen LogP contribution < -0.4 is 15.3 Å². The van der Waals surface area contributed by atoms with Crippen molar-refractivity contribution in [1.82, 2.24) is 18.9 Å². The second-order valence-corrected chi connectivity index (χ2v) is 9.12. The van der Waals surface area contributed by atoms with Crippen LogP contribution in [0.4, 0.5) is 18.9 Å². The Bertz CT molecular complexity index is 1250. The van der Waals surface area contributed by atoms with E-state index in [1.807, 2.05) is 45.0 Å². The maximum absolute atomic E-state index is 13.6. The van der Waals surface area contributed by atoms with Crippen molar-refractivity contribution < 1.29 is 22.6 Å². The Labute approximate surface area is 207 Å². The molecule has 8 nitrogen and oxygen atoms in total. The van der Waals surface area contributed by atoms with Crippen molar-refractivity contribution in [2.75, 3.05) is 31.8 Å². The van der Waals surface area contributed by atoms with E-state index in [0.29, 0.717) is 36.8 Å². The maximum atomic E-state index is 13.6. The highest BCUT2D eigenvalue weighted by Crippen LogP contribution is 2.30. The Balaban J connectivity index is 1.75. The van der Waals surface area contributed by atoms with Crippen LogP contribution in [0.3, 0.4) is 0 Å². The van der Waals surface area contributed by atoms with Gasteiger partial charge in [-0.3, -0.25) is 13.8 Å². The number of anilines is 1. The van der Waals surface area contributed by atoms with Gasteiger partial charge in [0.1, 0.15) is 5.75 Å². The molecule has 0 atom stereocenters. The number of hydrogen-bond donors (Lipinski definition) is 0. The van der Waals surface area contributed by atoms with Crippen LogP contribution in [0.15, 0.2) is 35.4 Å². The molecule has 1 saturated heterocycles. The third-order valence-corrected chi connectivity index (χ3v) is 6.72. The Hall–Kier alpha value is -3.21. The summed E-state index contributed by atoms with van der Waals surface area (Å²) in [6, 6.07) is 5.07. The molecule has 0 amide bonds. The first-order valence-corrected chi connectivity index (χ1v) is 12.0. The number of aromatic nitrogens is 4. The summed E-state index contributed by atoms with van der Waals surface area (Å²) in [4.78, 5) is 15.6. The predicted octanol–water partition coefficient (Wildman–Crippen LogP) is 4.08. The number of alkyl halides is 3. The maximum Gasteiger partial charge on any atom is 0.422 e. The van der Waals surface area contributed by atoms with Gasteiger partial charge in [0.2, 0.25) is 0 Å². The zero-order valence-electron chi connectivity index (χ0n) is 21.0. The molecule has 11 heteroatoms. The average Bonchev–Trinajstić information content (AvgIpc) is 3.40. The highest BCUT2D eigenvalue weighted by atomic mass is 19.4. The standard InChI is InChI=1S/C25H32F3N5O3/c1-5-31-14-19(13-29-31)15-32-17(2)18(3)33(24(32)34)22-10-21(30(4)20-6-8-35-9-7-20)11-23(12-22)36-16-25(26,27)28/h10-14,20H,5-9,15-16H2,1-4H3. The first-order chi connectivity index (χ1) is 17.1. The third-order valence-electron chi connectivity index (χ3n) is 6.72. The average molecular weight is 508 g/mol. The van der Waals surface area contributed by atoms with Crippen molar-refractivity contribution in [3.05, 3.63) is 58.0 Å². The molecule has 1 aromatic carbocycles. The second kappa shape index (κ2) is 10.4. The van der Waals surface area contributed by atoms with E-state index in [4.69, 9.17) is 9.47 Å². The molecular weight excluding hydrogens is 475 g/mol. The summed E-state index contributed by atoms with van der Waals surface area (Å²) in [6.07, 6.45) is 0.761. The summed E-state index contributed by atoms with van der Waals surface area (Å²) < 4.78 is 54.3. The Morgan fingerprint density at radius 3 is 2.53 bits per heavy atom. The van der Waals surface area contributed by atoms with E-state index in [2.05, 4.69) is 5.10 Å². The molecule has 4 rings (SSSR count).